The number of hydrogen-bond donors (Lipinski definition) is 2. The molecule has 0 rings (SSSR count). The Morgan fingerprint density at radius 1 is 1.36 bits per heavy atom. The Bertz CT molecular complexity index is 187. The Morgan fingerprint density at radius 2 is 1.86 bits per heavy atom. The van der Waals surface area contributed by atoms with E-state index in [1.807, 2.05) is 27.7 Å². The normalized spacial score (nSPS) is 16.1. The Balaban J connectivity index is 4.00. The lowest BCUT2D eigenvalue weighted by Gasteiger charge is -2.23. The van der Waals surface area contributed by atoms with Gasteiger partial charge in [0.25, 0.3) is 0 Å². The van der Waals surface area contributed by atoms with Crippen LogP contribution in [0.4, 0.5) is 0 Å². The van der Waals surface area contributed by atoms with E-state index in [2.05, 4.69) is 0 Å². The van der Waals surface area contributed by atoms with E-state index in [1.54, 1.807) is 0 Å². The molecule has 0 aliphatic heterocycles. The lowest BCUT2D eigenvalue weighted by Crippen LogP contribution is -2.41. The van der Waals surface area contributed by atoms with E-state index in [1.165, 1.54) is 0 Å². The summed E-state index contributed by atoms with van der Waals surface area (Å²) in [6.07, 6.45) is 1.29. The van der Waals surface area contributed by atoms with Gasteiger partial charge in [-0.15, -0.1) is 0 Å². The van der Waals surface area contributed by atoms with Crippen molar-refractivity contribution in [1.29, 1.82) is 0 Å². The van der Waals surface area contributed by atoms with Crippen molar-refractivity contribution in [2.75, 3.05) is 0 Å². The molecule has 4 N–H and O–H groups in total. The summed E-state index contributed by atoms with van der Waals surface area (Å²) in [6.45, 7) is 7.42. The molecule has 0 aromatic carbocycles. The highest BCUT2D eigenvalue weighted by molar-refractivity contribution is 5.75. The van der Waals surface area contributed by atoms with E-state index in [0.717, 1.165) is 6.42 Å². The van der Waals surface area contributed by atoms with Gasteiger partial charge in [0, 0.05) is 6.04 Å². The van der Waals surface area contributed by atoms with E-state index in [0.29, 0.717) is 6.42 Å². The fourth-order valence-electron chi connectivity index (χ4n) is 0.967. The summed E-state index contributed by atoms with van der Waals surface area (Å²) in [7, 11) is 0. The summed E-state index contributed by atoms with van der Waals surface area (Å²) in [6, 6.07) is -0.637. The van der Waals surface area contributed by atoms with Crippen molar-refractivity contribution in [2.24, 2.45) is 11.5 Å². The minimum absolute atomic E-state index is 0.0301. The molecule has 0 saturated carbocycles. The topological polar surface area (TPSA) is 78.3 Å². The Kier molecular flexibility index (Phi) is 5.08. The lowest BCUT2D eigenvalue weighted by molar-refractivity contribution is -0.156. The maximum absolute atomic E-state index is 11.4. The second-order valence-corrected chi connectivity index (χ2v) is 4.54. The first-order valence-electron chi connectivity index (χ1n) is 5.00. The van der Waals surface area contributed by atoms with Crippen LogP contribution in [0.25, 0.3) is 0 Å². The third-order valence-electron chi connectivity index (χ3n) is 1.79. The summed E-state index contributed by atoms with van der Waals surface area (Å²) in [5.41, 5.74) is 10.9. The lowest BCUT2D eigenvalue weighted by atomic mass is 10.1. The Labute approximate surface area is 86.0 Å². The van der Waals surface area contributed by atoms with Crippen LogP contribution in [0.15, 0.2) is 0 Å². The van der Waals surface area contributed by atoms with Gasteiger partial charge in [0.2, 0.25) is 0 Å². The summed E-state index contributed by atoms with van der Waals surface area (Å²) >= 11 is 0. The molecule has 0 spiro atoms. The van der Waals surface area contributed by atoms with Crippen LogP contribution in [-0.2, 0) is 9.53 Å². The smallest absolute Gasteiger partial charge is 0.323 e. The Hall–Kier alpha value is -0.610. The molecule has 4 nitrogen and oxygen atoms in total. The maximum atomic E-state index is 11.4. The van der Waals surface area contributed by atoms with E-state index in [-0.39, 0.29) is 12.0 Å². The molecule has 14 heavy (non-hydrogen) atoms. The zero-order valence-electron chi connectivity index (χ0n) is 9.54. The average molecular weight is 202 g/mol. The van der Waals surface area contributed by atoms with Gasteiger partial charge in [-0.25, -0.2) is 0 Å². The molecule has 84 valence electrons. The first-order chi connectivity index (χ1) is 6.26. The van der Waals surface area contributed by atoms with Crippen molar-refractivity contribution in [1.82, 2.24) is 0 Å². The molecule has 0 amide bonds. The summed E-state index contributed by atoms with van der Waals surface area (Å²) in [4.78, 5) is 11.4. The number of carbonyl (C=O) groups excluding carboxylic acids is 1. The molecule has 0 heterocycles. The maximum Gasteiger partial charge on any atom is 0.323 e. The molecule has 2 atom stereocenters. The molecule has 0 aliphatic carbocycles. The Morgan fingerprint density at radius 3 is 2.21 bits per heavy atom. The van der Waals surface area contributed by atoms with Crippen LogP contribution in [0.2, 0.25) is 0 Å². The molecule has 0 aromatic heterocycles. The van der Waals surface area contributed by atoms with Crippen molar-refractivity contribution in [3.63, 3.8) is 0 Å². The van der Waals surface area contributed by atoms with Crippen LogP contribution in [0.1, 0.15) is 40.5 Å². The second-order valence-electron chi connectivity index (χ2n) is 4.54. The summed E-state index contributed by atoms with van der Waals surface area (Å²) < 4.78 is 5.13. The highest BCUT2D eigenvalue weighted by atomic mass is 16.6. The molecular weight excluding hydrogens is 180 g/mol. The van der Waals surface area contributed by atoms with Gasteiger partial charge < -0.3 is 16.2 Å². The fraction of sp³-hybridized carbons (Fsp3) is 0.900. The van der Waals surface area contributed by atoms with Crippen LogP contribution >= 0.6 is 0 Å². The van der Waals surface area contributed by atoms with Gasteiger partial charge in [0.1, 0.15) is 11.6 Å². The van der Waals surface area contributed by atoms with E-state index >= 15 is 0 Å². The van der Waals surface area contributed by atoms with Gasteiger partial charge in [-0.05, 0) is 33.6 Å². The highest BCUT2D eigenvalue weighted by Gasteiger charge is 2.23. The standard InChI is InChI=1S/C10H22N2O2/c1-5-7(11)6-8(12)9(13)14-10(2,3)4/h7-8H,5-6,11-12H2,1-4H3/t7-,8-/m1/s1. The predicted molar refractivity (Wildman–Crippen MR) is 56.7 cm³/mol. The molecule has 0 aliphatic rings. The molecule has 0 saturated heterocycles. The number of esters is 1. The van der Waals surface area contributed by atoms with E-state index < -0.39 is 11.6 Å². The van der Waals surface area contributed by atoms with Crippen molar-refractivity contribution in [3.05, 3.63) is 0 Å². The quantitative estimate of drug-likeness (QED) is 0.660. The summed E-state index contributed by atoms with van der Waals surface area (Å²) in [5.74, 6) is -0.374. The average Bonchev–Trinajstić information content (AvgIpc) is 2.00. The molecule has 0 aromatic rings. The van der Waals surface area contributed by atoms with Crippen LogP contribution in [0.5, 0.6) is 0 Å². The van der Waals surface area contributed by atoms with Crippen molar-refractivity contribution in [2.45, 2.75) is 58.2 Å². The molecule has 4 heteroatoms. The number of nitrogens with two attached hydrogens (primary N) is 2. The minimum atomic E-state index is -0.607. The van der Waals surface area contributed by atoms with Gasteiger partial charge in [-0.3, -0.25) is 4.79 Å². The van der Waals surface area contributed by atoms with Gasteiger partial charge in [0.15, 0.2) is 0 Å². The molecular formula is C10H22N2O2. The number of hydrogen-bond acceptors (Lipinski definition) is 4. The van der Waals surface area contributed by atoms with E-state index in [9.17, 15) is 4.79 Å². The third-order valence-corrected chi connectivity index (χ3v) is 1.79. The second kappa shape index (κ2) is 5.32. The monoisotopic (exact) mass is 202 g/mol. The number of ether oxygens (including phenoxy) is 1. The number of rotatable bonds is 4. The fourth-order valence-corrected chi connectivity index (χ4v) is 0.967. The minimum Gasteiger partial charge on any atom is -0.459 e. The van der Waals surface area contributed by atoms with Crippen molar-refractivity contribution < 1.29 is 9.53 Å². The number of carbonyl (C=O) groups is 1. The van der Waals surface area contributed by atoms with Gasteiger partial charge in [-0.2, -0.15) is 0 Å². The predicted octanol–water partition coefficient (Wildman–Crippen LogP) is 0.783. The largest absolute Gasteiger partial charge is 0.459 e. The van der Waals surface area contributed by atoms with Gasteiger partial charge in [-0.1, -0.05) is 6.92 Å². The SMILES string of the molecule is CC[C@@H](N)C[C@@H](N)C(=O)OC(C)(C)C. The summed E-state index contributed by atoms with van der Waals surface area (Å²) in [5, 5.41) is 0. The van der Waals surface area contributed by atoms with Crippen LogP contribution in [0, 0.1) is 0 Å². The van der Waals surface area contributed by atoms with Crippen molar-refractivity contribution >= 4 is 5.97 Å². The molecule has 0 bridgehead atoms. The van der Waals surface area contributed by atoms with Crippen molar-refractivity contribution in [3.8, 4) is 0 Å². The van der Waals surface area contributed by atoms with Gasteiger partial charge >= 0.3 is 5.97 Å². The van der Waals surface area contributed by atoms with E-state index in [4.69, 9.17) is 16.2 Å². The highest BCUT2D eigenvalue weighted by Crippen LogP contribution is 2.09. The first kappa shape index (κ1) is 13.4. The van der Waals surface area contributed by atoms with Crippen LogP contribution in [-0.4, -0.2) is 23.7 Å². The zero-order valence-corrected chi connectivity index (χ0v) is 9.54. The molecule has 0 fully saturated rings. The first-order valence-corrected chi connectivity index (χ1v) is 5.00. The van der Waals surface area contributed by atoms with Gasteiger partial charge in [0.05, 0.1) is 0 Å². The molecule has 0 unspecified atom stereocenters. The van der Waals surface area contributed by atoms with Crippen LogP contribution < -0.4 is 11.5 Å². The third kappa shape index (κ3) is 5.94. The zero-order chi connectivity index (χ0) is 11.4. The molecule has 0 radical (unpaired) electrons. The van der Waals surface area contributed by atoms with Crippen LogP contribution in [0.3, 0.4) is 0 Å².